The van der Waals surface area contributed by atoms with Crippen LogP contribution in [-0.4, -0.2) is 28.8 Å². The van der Waals surface area contributed by atoms with Gasteiger partial charge in [-0.2, -0.15) is 0 Å². The number of Topliss-reactive ketones (excluding diaryl/α,β-unsaturated/α-hetero) is 1. The predicted octanol–water partition coefficient (Wildman–Crippen LogP) is 5.58. The first-order valence-corrected chi connectivity index (χ1v) is 10.0. The van der Waals surface area contributed by atoms with Gasteiger partial charge in [-0.1, -0.05) is 42.5 Å². The Balaban J connectivity index is 1.83. The summed E-state index contributed by atoms with van der Waals surface area (Å²) in [4.78, 5) is 18.6. The van der Waals surface area contributed by atoms with Crippen LogP contribution >= 0.6 is 0 Å². The molecule has 2 aromatic heterocycles. The molecular formula is C26H22N2O2. The third-order valence-corrected chi connectivity index (χ3v) is 5.68. The normalized spacial score (nSPS) is 14.3. The number of benzene rings is 2. The average Bonchev–Trinajstić information content (AvgIpc) is 3.44. The van der Waals surface area contributed by atoms with Gasteiger partial charge in [0.1, 0.15) is 11.8 Å². The van der Waals surface area contributed by atoms with Crippen molar-refractivity contribution in [3.05, 3.63) is 96.9 Å². The number of carbonyl (C=O) groups excluding carboxylic acids is 1. The summed E-state index contributed by atoms with van der Waals surface area (Å²) in [5, 5.41) is 2.08. The van der Waals surface area contributed by atoms with Crippen LogP contribution in [0.1, 0.15) is 16.7 Å². The molecule has 148 valence electrons. The third kappa shape index (κ3) is 2.72. The van der Waals surface area contributed by atoms with E-state index in [2.05, 4.69) is 29.1 Å². The quantitative estimate of drug-likeness (QED) is 0.434. The third-order valence-electron chi connectivity index (χ3n) is 5.68. The number of H-pyrrole nitrogens is 1. The van der Waals surface area contributed by atoms with E-state index in [9.17, 15) is 4.79 Å². The maximum atomic E-state index is 13.3. The molecule has 5 rings (SSSR count). The van der Waals surface area contributed by atoms with Gasteiger partial charge in [-0.15, -0.1) is 13.2 Å². The lowest BCUT2D eigenvalue weighted by Gasteiger charge is -2.20. The van der Waals surface area contributed by atoms with Gasteiger partial charge >= 0.3 is 0 Å². The standard InChI is InChI=1S/C26H22N2O2/c1-3-8-17-9-7-12-23-24(17)20(16-30-23)26-25(22(29)15-28(26)13-4-2)19-14-27-21-11-6-5-10-18(19)21/h3-7,9-12,14,16,27H,1-2,8,13,15H2. The van der Waals surface area contributed by atoms with Crippen molar-refractivity contribution >= 4 is 38.9 Å². The van der Waals surface area contributed by atoms with Gasteiger partial charge in [-0.3, -0.25) is 4.79 Å². The molecule has 0 aliphatic carbocycles. The van der Waals surface area contributed by atoms with E-state index in [1.807, 2.05) is 54.7 Å². The van der Waals surface area contributed by atoms with Crippen LogP contribution in [0.3, 0.4) is 0 Å². The van der Waals surface area contributed by atoms with E-state index in [0.717, 1.165) is 56.3 Å². The van der Waals surface area contributed by atoms with Crippen LogP contribution in [0.15, 0.2) is 84.7 Å². The first kappa shape index (κ1) is 18.3. The van der Waals surface area contributed by atoms with Gasteiger partial charge in [0.2, 0.25) is 0 Å². The Morgan fingerprint density at radius 2 is 1.93 bits per heavy atom. The molecule has 4 nitrogen and oxygen atoms in total. The summed E-state index contributed by atoms with van der Waals surface area (Å²) < 4.78 is 5.92. The van der Waals surface area contributed by atoms with Gasteiger partial charge in [0.05, 0.1) is 17.8 Å². The van der Waals surface area contributed by atoms with Gasteiger partial charge < -0.3 is 14.3 Å². The molecule has 3 heterocycles. The van der Waals surface area contributed by atoms with Crippen LogP contribution in [0.25, 0.3) is 33.1 Å². The number of para-hydroxylation sites is 1. The minimum Gasteiger partial charge on any atom is -0.464 e. The highest BCUT2D eigenvalue weighted by molar-refractivity contribution is 6.34. The highest BCUT2D eigenvalue weighted by Crippen LogP contribution is 2.42. The first-order chi connectivity index (χ1) is 14.7. The molecule has 1 aliphatic rings. The number of rotatable bonds is 6. The minimum atomic E-state index is 0.104. The summed E-state index contributed by atoms with van der Waals surface area (Å²) in [7, 11) is 0. The molecule has 0 unspecified atom stereocenters. The van der Waals surface area contributed by atoms with E-state index in [1.54, 1.807) is 6.26 Å². The smallest absolute Gasteiger partial charge is 0.184 e. The van der Waals surface area contributed by atoms with Crippen molar-refractivity contribution in [3.63, 3.8) is 0 Å². The second kappa shape index (κ2) is 7.23. The number of nitrogens with one attached hydrogen (secondary N) is 1. The molecule has 0 radical (unpaired) electrons. The monoisotopic (exact) mass is 394 g/mol. The predicted molar refractivity (Wildman–Crippen MR) is 122 cm³/mol. The van der Waals surface area contributed by atoms with Crippen LogP contribution in [0, 0.1) is 0 Å². The topological polar surface area (TPSA) is 49.2 Å². The number of fused-ring (bicyclic) bond motifs is 2. The summed E-state index contributed by atoms with van der Waals surface area (Å²) in [5.41, 5.74) is 6.45. The lowest BCUT2D eigenvalue weighted by Crippen LogP contribution is -2.21. The van der Waals surface area contributed by atoms with Crippen molar-refractivity contribution < 1.29 is 9.21 Å². The Labute approximate surface area is 174 Å². The van der Waals surface area contributed by atoms with E-state index >= 15 is 0 Å². The summed E-state index contributed by atoms with van der Waals surface area (Å²) >= 11 is 0. The highest BCUT2D eigenvalue weighted by Gasteiger charge is 2.34. The second-order valence-electron chi connectivity index (χ2n) is 7.50. The van der Waals surface area contributed by atoms with Crippen LogP contribution in [0.4, 0.5) is 0 Å². The fourth-order valence-corrected chi connectivity index (χ4v) is 4.46. The SMILES string of the molecule is C=CCc1cccc2occ(C3=C(c4c[nH]c5ccccc45)C(=O)CN3CC=C)c12. The van der Waals surface area contributed by atoms with E-state index in [4.69, 9.17) is 4.42 Å². The number of allylic oxidation sites excluding steroid dienone is 1. The number of aromatic amines is 1. The van der Waals surface area contributed by atoms with Gasteiger partial charge in [0, 0.05) is 40.2 Å². The zero-order valence-corrected chi connectivity index (χ0v) is 16.7. The Morgan fingerprint density at radius 3 is 2.77 bits per heavy atom. The maximum Gasteiger partial charge on any atom is 0.184 e. The van der Waals surface area contributed by atoms with Crippen molar-refractivity contribution in [2.75, 3.05) is 13.1 Å². The number of carbonyl (C=O) groups is 1. The van der Waals surface area contributed by atoms with Gasteiger partial charge in [-0.05, 0) is 24.1 Å². The van der Waals surface area contributed by atoms with Crippen molar-refractivity contribution in [2.45, 2.75) is 6.42 Å². The molecule has 0 amide bonds. The molecule has 4 heteroatoms. The number of furan rings is 1. The fraction of sp³-hybridized carbons (Fsp3) is 0.115. The summed E-state index contributed by atoms with van der Waals surface area (Å²) in [6.45, 7) is 8.70. The van der Waals surface area contributed by atoms with E-state index in [0.29, 0.717) is 13.1 Å². The van der Waals surface area contributed by atoms with Gasteiger partial charge in [-0.25, -0.2) is 0 Å². The van der Waals surface area contributed by atoms with Crippen molar-refractivity contribution in [3.8, 4) is 0 Å². The van der Waals surface area contributed by atoms with E-state index in [-0.39, 0.29) is 5.78 Å². The first-order valence-electron chi connectivity index (χ1n) is 10.0. The summed E-state index contributed by atoms with van der Waals surface area (Å²) in [6.07, 6.45) is 8.16. The number of hydrogen-bond acceptors (Lipinski definition) is 3. The molecule has 0 spiro atoms. The lowest BCUT2D eigenvalue weighted by atomic mass is 9.96. The number of aromatic nitrogens is 1. The van der Waals surface area contributed by atoms with Crippen molar-refractivity contribution in [1.82, 2.24) is 9.88 Å². The zero-order valence-electron chi connectivity index (χ0n) is 16.7. The van der Waals surface area contributed by atoms with Crippen molar-refractivity contribution in [1.29, 1.82) is 0 Å². The molecule has 0 atom stereocenters. The summed E-state index contributed by atoms with van der Waals surface area (Å²) in [5.74, 6) is 0.104. The fourth-order valence-electron chi connectivity index (χ4n) is 4.46. The maximum absolute atomic E-state index is 13.3. The van der Waals surface area contributed by atoms with Gasteiger partial charge in [0.15, 0.2) is 5.78 Å². The molecule has 0 fully saturated rings. The van der Waals surface area contributed by atoms with Crippen LogP contribution in [0.2, 0.25) is 0 Å². The van der Waals surface area contributed by atoms with Crippen LogP contribution < -0.4 is 0 Å². The largest absolute Gasteiger partial charge is 0.464 e. The number of nitrogens with zero attached hydrogens (tertiary/aromatic N) is 1. The Morgan fingerprint density at radius 1 is 1.07 bits per heavy atom. The molecule has 0 saturated carbocycles. The molecule has 30 heavy (non-hydrogen) atoms. The van der Waals surface area contributed by atoms with Crippen molar-refractivity contribution in [2.24, 2.45) is 0 Å². The summed E-state index contributed by atoms with van der Waals surface area (Å²) in [6, 6.07) is 14.1. The molecule has 0 saturated heterocycles. The second-order valence-corrected chi connectivity index (χ2v) is 7.50. The molecule has 1 N–H and O–H groups in total. The Hall–Kier alpha value is -3.79. The zero-order chi connectivity index (χ0) is 20.7. The Bertz CT molecular complexity index is 1340. The molecule has 2 aromatic carbocycles. The minimum absolute atomic E-state index is 0.104. The number of hydrogen-bond donors (Lipinski definition) is 1. The molecule has 1 aliphatic heterocycles. The van der Waals surface area contributed by atoms with Crippen LogP contribution in [0.5, 0.6) is 0 Å². The van der Waals surface area contributed by atoms with E-state index in [1.165, 1.54) is 0 Å². The van der Waals surface area contributed by atoms with Gasteiger partial charge in [0.25, 0.3) is 0 Å². The molecule has 0 bridgehead atoms. The van der Waals surface area contributed by atoms with E-state index < -0.39 is 0 Å². The van der Waals surface area contributed by atoms with Crippen LogP contribution in [-0.2, 0) is 11.2 Å². The number of ketones is 1. The lowest BCUT2D eigenvalue weighted by molar-refractivity contribution is -0.113. The average molecular weight is 394 g/mol. The molecule has 4 aromatic rings. The Kier molecular flexibility index (Phi) is 4.40. The molecular weight excluding hydrogens is 372 g/mol. The highest BCUT2D eigenvalue weighted by atomic mass is 16.3.